The maximum absolute atomic E-state index is 6.96. The quantitative estimate of drug-likeness (QED) is 0.695. The predicted molar refractivity (Wildman–Crippen MR) is 63.8 cm³/mol. The number of ether oxygens (including phenoxy) is 1. The molecule has 0 bridgehead atoms. The minimum atomic E-state index is 0.242. The maximum Gasteiger partial charge on any atom is 0.215 e. The monoisotopic (exact) mass is 214 g/mol. The van der Waals surface area contributed by atoms with E-state index in [2.05, 4.69) is 23.7 Å². The molecule has 3 heteroatoms. The molecule has 0 aliphatic carbocycles. The molecule has 0 aromatic heterocycles. The highest BCUT2D eigenvalue weighted by atomic mass is 16.5. The van der Waals surface area contributed by atoms with Crippen molar-refractivity contribution in [3.8, 4) is 0 Å². The van der Waals surface area contributed by atoms with Crippen LogP contribution in [0.2, 0.25) is 0 Å². The van der Waals surface area contributed by atoms with Crippen LogP contribution in [0.25, 0.3) is 4.85 Å². The summed E-state index contributed by atoms with van der Waals surface area (Å²) in [7, 11) is 0. The van der Waals surface area contributed by atoms with E-state index in [-0.39, 0.29) is 6.04 Å². The Morgan fingerprint density at radius 3 is 2.94 bits per heavy atom. The zero-order chi connectivity index (χ0) is 11.5. The summed E-state index contributed by atoms with van der Waals surface area (Å²) < 4.78 is 5.56. The summed E-state index contributed by atoms with van der Waals surface area (Å²) in [5.74, 6) is 1.16. The molecule has 3 nitrogen and oxygen atoms in total. The van der Waals surface area contributed by atoms with Crippen molar-refractivity contribution in [2.45, 2.75) is 19.9 Å². The minimum Gasteiger partial charge on any atom is -0.475 e. The Bertz CT molecular complexity index is 457. The number of hydrogen-bond acceptors (Lipinski definition) is 2. The zero-order valence-electron chi connectivity index (χ0n) is 9.47. The van der Waals surface area contributed by atoms with Gasteiger partial charge in [0.25, 0.3) is 0 Å². The first-order chi connectivity index (χ1) is 7.70. The van der Waals surface area contributed by atoms with Crippen LogP contribution >= 0.6 is 0 Å². The lowest BCUT2D eigenvalue weighted by Gasteiger charge is -2.06. The van der Waals surface area contributed by atoms with Crippen LogP contribution in [0.3, 0.4) is 0 Å². The van der Waals surface area contributed by atoms with Gasteiger partial charge in [-0.2, -0.15) is 0 Å². The molecule has 1 aliphatic heterocycles. The second kappa shape index (κ2) is 4.36. The third-order valence-electron chi connectivity index (χ3n) is 2.67. The van der Waals surface area contributed by atoms with Gasteiger partial charge in [-0.1, -0.05) is 32.0 Å². The SMILES string of the molecule is [C-]#[N+]c1cccc(C2=N[C@@H](C(C)C)CO2)c1. The topological polar surface area (TPSA) is 25.9 Å². The van der Waals surface area contributed by atoms with E-state index in [1.165, 1.54) is 0 Å². The van der Waals surface area contributed by atoms with Gasteiger partial charge in [0.1, 0.15) is 6.61 Å². The summed E-state index contributed by atoms with van der Waals surface area (Å²) >= 11 is 0. The molecule has 1 aliphatic rings. The molecule has 1 aromatic carbocycles. The number of aliphatic imine (C=N–C) groups is 1. The first kappa shape index (κ1) is 10.7. The van der Waals surface area contributed by atoms with E-state index in [1.807, 2.05) is 18.2 Å². The molecule has 0 N–H and O–H groups in total. The van der Waals surface area contributed by atoms with Gasteiger partial charge in [0.05, 0.1) is 12.6 Å². The molecule has 0 unspecified atom stereocenters. The van der Waals surface area contributed by atoms with Crippen molar-refractivity contribution in [2.75, 3.05) is 6.61 Å². The van der Waals surface area contributed by atoms with Gasteiger partial charge in [0.15, 0.2) is 5.69 Å². The largest absolute Gasteiger partial charge is 0.475 e. The van der Waals surface area contributed by atoms with E-state index in [9.17, 15) is 0 Å². The van der Waals surface area contributed by atoms with Crippen molar-refractivity contribution in [3.05, 3.63) is 41.2 Å². The first-order valence-corrected chi connectivity index (χ1v) is 5.39. The zero-order valence-corrected chi connectivity index (χ0v) is 9.47. The molecule has 0 saturated heterocycles. The second-order valence-electron chi connectivity index (χ2n) is 4.22. The molecule has 0 amide bonds. The molecule has 0 saturated carbocycles. The lowest BCUT2D eigenvalue weighted by Crippen LogP contribution is -2.13. The first-order valence-electron chi connectivity index (χ1n) is 5.39. The fraction of sp³-hybridized carbons (Fsp3) is 0.385. The lowest BCUT2D eigenvalue weighted by atomic mass is 10.1. The van der Waals surface area contributed by atoms with E-state index in [0.717, 1.165) is 5.56 Å². The van der Waals surface area contributed by atoms with Gasteiger partial charge in [-0.05, 0) is 12.0 Å². The van der Waals surface area contributed by atoms with Crippen molar-refractivity contribution in [3.63, 3.8) is 0 Å². The van der Waals surface area contributed by atoms with Crippen LogP contribution in [0, 0.1) is 12.5 Å². The van der Waals surface area contributed by atoms with Gasteiger partial charge < -0.3 is 4.74 Å². The fourth-order valence-corrected chi connectivity index (χ4v) is 1.60. The van der Waals surface area contributed by atoms with Crippen molar-refractivity contribution in [1.29, 1.82) is 0 Å². The van der Waals surface area contributed by atoms with E-state index >= 15 is 0 Å². The fourth-order valence-electron chi connectivity index (χ4n) is 1.60. The van der Waals surface area contributed by atoms with E-state index < -0.39 is 0 Å². The van der Waals surface area contributed by atoms with Gasteiger partial charge in [-0.3, -0.25) is 0 Å². The van der Waals surface area contributed by atoms with Gasteiger partial charge >= 0.3 is 0 Å². The van der Waals surface area contributed by atoms with Gasteiger partial charge in [-0.15, -0.1) is 0 Å². The predicted octanol–water partition coefficient (Wildman–Crippen LogP) is 3.04. The van der Waals surface area contributed by atoms with Gasteiger partial charge in [-0.25, -0.2) is 9.84 Å². The molecule has 0 radical (unpaired) electrons. The molecular weight excluding hydrogens is 200 g/mol. The van der Waals surface area contributed by atoms with Crippen molar-refractivity contribution < 1.29 is 4.74 Å². The Hall–Kier alpha value is -1.82. The van der Waals surface area contributed by atoms with Gasteiger partial charge in [0.2, 0.25) is 5.90 Å². The van der Waals surface area contributed by atoms with E-state index in [4.69, 9.17) is 11.3 Å². The number of benzene rings is 1. The summed E-state index contributed by atoms with van der Waals surface area (Å²) in [6.45, 7) is 11.9. The van der Waals surface area contributed by atoms with Crippen molar-refractivity contribution in [1.82, 2.24) is 0 Å². The van der Waals surface area contributed by atoms with Crippen LogP contribution in [-0.4, -0.2) is 18.5 Å². The number of rotatable bonds is 2. The molecular formula is C13H14N2O. The standard InChI is InChI=1S/C13H14N2O/c1-9(2)12-8-16-13(15-12)10-5-4-6-11(7-10)14-3/h4-7,9,12H,8H2,1-2H3/t12-/m1/s1. The van der Waals surface area contributed by atoms with Crippen LogP contribution in [-0.2, 0) is 4.74 Å². The highest BCUT2D eigenvalue weighted by molar-refractivity contribution is 5.96. The Morgan fingerprint density at radius 2 is 2.31 bits per heavy atom. The average molecular weight is 214 g/mol. The summed E-state index contributed by atoms with van der Waals surface area (Å²) in [6, 6.07) is 7.63. The molecule has 1 aromatic rings. The molecule has 1 heterocycles. The summed E-state index contributed by atoms with van der Waals surface area (Å²) in [5, 5.41) is 0. The maximum atomic E-state index is 6.96. The van der Waals surface area contributed by atoms with Crippen LogP contribution in [0.4, 0.5) is 5.69 Å². The van der Waals surface area contributed by atoms with Crippen LogP contribution in [0.1, 0.15) is 19.4 Å². The van der Waals surface area contributed by atoms with Gasteiger partial charge in [0, 0.05) is 5.56 Å². The lowest BCUT2D eigenvalue weighted by molar-refractivity contribution is 0.292. The molecule has 1 atom stereocenters. The van der Waals surface area contributed by atoms with E-state index in [0.29, 0.717) is 24.1 Å². The Morgan fingerprint density at radius 1 is 1.50 bits per heavy atom. The average Bonchev–Trinajstić information content (AvgIpc) is 2.78. The highest BCUT2D eigenvalue weighted by Crippen LogP contribution is 2.20. The highest BCUT2D eigenvalue weighted by Gasteiger charge is 2.22. The summed E-state index contributed by atoms with van der Waals surface area (Å²) in [4.78, 5) is 7.92. The molecule has 82 valence electrons. The van der Waals surface area contributed by atoms with Crippen molar-refractivity contribution in [2.24, 2.45) is 10.9 Å². The molecule has 0 spiro atoms. The summed E-state index contributed by atoms with van der Waals surface area (Å²) in [6.07, 6.45) is 0. The number of hydrogen-bond donors (Lipinski definition) is 0. The smallest absolute Gasteiger partial charge is 0.215 e. The van der Waals surface area contributed by atoms with Crippen LogP contribution < -0.4 is 0 Å². The van der Waals surface area contributed by atoms with E-state index in [1.54, 1.807) is 6.07 Å². The number of nitrogens with zero attached hydrogens (tertiary/aromatic N) is 2. The molecule has 2 rings (SSSR count). The normalized spacial score (nSPS) is 19.1. The molecule has 0 fully saturated rings. The minimum absolute atomic E-state index is 0.242. The van der Waals surface area contributed by atoms with Crippen LogP contribution in [0.15, 0.2) is 29.3 Å². The molecule has 16 heavy (non-hydrogen) atoms. The van der Waals surface area contributed by atoms with Crippen LogP contribution in [0.5, 0.6) is 0 Å². The Balaban J connectivity index is 2.26. The third kappa shape index (κ3) is 2.06. The summed E-state index contributed by atoms with van der Waals surface area (Å²) in [5.41, 5.74) is 1.52. The third-order valence-corrected chi connectivity index (χ3v) is 2.67. The second-order valence-corrected chi connectivity index (χ2v) is 4.22. The van der Waals surface area contributed by atoms with Crippen molar-refractivity contribution >= 4 is 11.6 Å². The Kier molecular flexibility index (Phi) is 2.91. The Labute approximate surface area is 95.6 Å².